The molecule has 0 aliphatic carbocycles. The molecular weight excluding hydrogens is 987 g/mol. The molecule has 1 heterocycles. The van der Waals surface area contributed by atoms with Crippen LogP contribution < -0.4 is 31.2 Å². The minimum absolute atomic E-state index is 0.0401. The van der Waals surface area contributed by atoms with Crippen molar-refractivity contribution < 1.29 is 107 Å². The SMILES string of the molecule is Fc1c(F)c(F)c([B-](c2c(F)c(F)c(F)c(F)c2F)(c2c(F)c(F)c(F)c(F)c2F)c2c(F)c(F)c(F)c(F)c2F)c(F)c1F.O=C(C[n+]1c(OC[N+](=O)[O-])ccc2ccccc21)c1ccccc1. The first-order valence-electron chi connectivity index (χ1n) is 18.3. The molecule has 0 unspecified atom stereocenters. The molecule has 7 aromatic rings. The van der Waals surface area contributed by atoms with E-state index < -0.39 is 156 Å². The molecule has 6 aromatic carbocycles. The number of ketones is 1. The third-order valence-electron chi connectivity index (χ3n) is 10.3. The number of nitrogens with zero attached hydrogens (tertiary/aromatic N) is 2. The van der Waals surface area contributed by atoms with Crippen molar-refractivity contribution in [3.05, 3.63) is 199 Å². The van der Waals surface area contributed by atoms with Crippen LogP contribution in [0.25, 0.3) is 10.9 Å². The topological polar surface area (TPSA) is 73.3 Å². The van der Waals surface area contributed by atoms with E-state index in [4.69, 9.17) is 4.74 Å². The lowest BCUT2D eigenvalue weighted by Gasteiger charge is -2.44. The van der Waals surface area contributed by atoms with Crippen molar-refractivity contribution in [2.45, 2.75) is 6.54 Å². The van der Waals surface area contributed by atoms with Gasteiger partial charge in [-0.15, -0.1) is 21.9 Å². The van der Waals surface area contributed by atoms with Crippen LogP contribution in [-0.4, -0.2) is 23.6 Å². The van der Waals surface area contributed by atoms with E-state index in [1.165, 1.54) is 0 Å². The number of benzene rings is 6. The maximum absolute atomic E-state index is 15.4. The number of aromatic nitrogens is 1. The zero-order chi connectivity index (χ0) is 51.3. The monoisotopic (exact) mass is 1000 g/mol. The smallest absolute Gasteiger partial charge is 0.373 e. The summed E-state index contributed by atoms with van der Waals surface area (Å²) in [6.07, 6.45) is -7.22. The summed E-state index contributed by atoms with van der Waals surface area (Å²) in [4.78, 5) is 22.6. The number of Topliss-reactive ketones (excluding diaryl/α,β-unsaturated/α-hetero) is 1. The molecule has 0 fully saturated rings. The Kier molecular flexibility index (Phi) is 14.0. The molecule has 0 bridgehead atoms. The van der Waals surface area contributed by atoms with Crippen molar-refractivity contribution >= 4 is 44.7 Å². The van der Waals surface area contributed by atoms with Crippen LogP contribution in [0.15, 0.2) is 66.7 Å². The first-order valence-corrected chi connectivity index (χ1v) is 18.3. The lowest BCUT2D eigenvalue weighted by molar-refractivity contribution is -0.669. The van der Waals surface area contributed by atoms with Gasteiger partial charge in [-0.3, -0.25) is 14.9 Å². The van der Waals surface area contributed by atoms with Gasteiger partial charge >= 0.3 is 12.6 Å². The second-order valence-electron chi connectivity index (χ2n) is 14.0. The quantitative estimate of drug-likeness (QED) is 0.0159. The standard InChI is InChI=1S/C24BF20.C18H15N2O4/c26-5-1(6(27)14(35)21(42)13(5)34)25(2-7(28)15(36)22(43)16(37)8(2)29,3-9(30)17(38)23(44)18(39)10(3)31)4-11(32)19(40)24(45)20(41)12(4)33;21-17(15-7-2-1-3-8-15)12-19-16-9-5-4-6-14(16)10-11-18(19)24-13-20(22)23/h;1-11H,12-13H2/q-1;+1. The number of nitro groups is 1. The highest BCUT2D eigenvalue weighted by molar-refractivity contribution is 7.20. The fraction of sp³-hybridized carbons (Fsp3) is 0.0476. The van der Waals surface area contributed by atoms with E-state index in [9.17, 15) is 67.6 Å². The Labute approximate surface area is 369 Å². The van der Waals surface area contributed by atoms with Gasteiger partial charge in [-0.05, 0) is 12.1 Å². The highest BCUT2D eigenvalue weighted by atomic mass is 19.2. The summed E-state index contributed by atoms with van der Waals surface area (Å²) in [5.41, 5.74) is -13.0. The van der Waals surface area contributed by atoms with Crippen molar-refractivity contribution in [1.82, 2.24) is 0 Å². The number of rotatable bonds is 10. The summed E-state index contributed by atoms with van der Waals surface area (Å²) in [7, 11) is 0. The number of hydrogen-bond donors (Lipinski definition) is 0. The van der Waals surface area contributed by atoms with Gasteiger partial charge in [0.05, 0.1) is 11.0 Å². The van der Waals surface area contributed by atoms with Crippen molar-refractivity contribution in [2.75, 3.05) is 6.73 Å². The Hall–Kier alpha value is -7.74. The van der Waals surface area contributed by atoms with Crippen LogP contribution in [-0.2, 0) is 6.54 Å². The number of fused-ring (bicyclic) bond motifs is 1. The Morgan fingerprint density at radius 2 is 0.739 bits per heavy atom. The summed E-state index contributed by atoms with van der Waals surface area (Å²) in [6, 6.07) is 19.9. The molecule has 0 N–H and O–H groups in total. The molecule has 0 saturated heterocycles. The van der Waals surface area contributed by atoms with Crippen LogP contribution >= 0.6 is 0 Å². The third kappa shape index (κ3) is 8.27. The fourth-order valence-corrected chi connectivity index (χ4v) is 7.39. The van der Waals surface area contributed by atoms with E-state index in [1.54, 1.807) is 34.9 Å². The molecule has 69 heavy (non-hydrogen) atoms. The molecule has 0 atom stereocenters. The van der Waals surface area contributed by atoms with Gasteiger partial charge in [-0.2, -0.15) is 4.57 Å². The zero-order valence-corrected chi connectivity index (χ0v) is 32.9. The summed E-state index contributed by atoms with van der Waals surface area (Å²) in [6.45, 7) is -0.615. The average molecular weight is 1000 g/mol. The number of carbonyl (C=O) groups is 1. The van der Waals surface area contributed by atoms with E-state index in [2.05, 4.69) is 0 Å². The van der Waals surface area contributed by atoms with Gasteiger partial charge in [0.15, 0.2) is 69.8 Å². The Morgan fingerprint density at radius 1 is 0.435 bits per heavy atom. The number of ether oxygens (including phenoxy) is 1. The lowest BCUT2D eigenvalue weighted by atomic mass is 9.12. The molecule has 0 amide bonds. The maximum atomic E-state index is 15.4. The van der Waals surface area contributed by atoms with Gasteiger partial charge in [0.25, 0.3) is 0 Å². The molecule has 7 rings (SSSR count). The lowest BCUT2D eigenvalue weighted by Crippen LogP contribution is -2.81. The molecule has 0 aliphatic rings. The Bertz CT molecular complexity index is 2890. The van der Waals surface area contributed by atoms with Crippen LogP contribution in [0, 0.1) is 126 Å². The van der Waals surface area contributed by atoms with Gasteiger partial charge in [-0.1, -0.05) is 42.5 Å². The van der Waals surface area contributed by atoms with Crippen LogP contribution in [0.2, 0.25) is 0 Å². The highest BCUT2D eigenvalue weighted by Crippen LogP contribution is 2.31. The van der Waals surface area contributed by atoms with E-state index in [0.29, 0.717) is 5.56 Å². The van der Waals surface area contributed by atoms with Crippen LogP contribution in [0.4, 0.5) is 87.8 Å². The summed E-state index contributed by atoms with van der Waals surface area (Å²) >= 11 is 0. The number of halogens is 20. The maximum Gasteiger partial charge on any atom is 0.373 e. The molecule has 27 heteroatoms. The normalized spacial score (nSPS) is 11.5. The molecule has 6 nitrogen and oxygen atoms in total. The predicted molar refractivity (Wildman–Crippen MR) is 197 cm³/mol. The number of hydrogen-bond acceptors (Lipinski definition) is 4. The van der Waals surface area contributed by atoms with Gasteiger partial charge in [-0.25, -0.2) is 87.8 Å². The van der Waals surface area contributed by atoms with E-state index in [-0.39, 0.29) is 18.2 Å². The first-order chi connectivity index (χ1) is 32.3. The summed E-state index contributed by atoms with van der Waals surface area (Å²) in [5.74, 6) is -71.2. The highest BCUT2D eigenvalue weighted by Gasteiger charge is 2.52. The predicted octanol–water partition coefficient (Wildman–Crippen LogP) is 8.47. The van der Waals surface area contributed by atoms with Gasteiger partial charge in [0.2, 0.25) is 17.8 Å². The van der Waals surface area contributed by atoms with Crippen LogP contribution in [0.5, 0.6) is 5.88 Å². The van der Waals surface area contributed by atoms with Gasteiger partial charge in [0.1, 0.15) is 52.7 Å². The van der Waals surface area contributed by atoms with E-state index >= 15 is 35.1 Å². The molecular formula is C42H15BF20N2O4. The van der Waals surface area contributed by atoms with Crippen LogP contribution in [0.1, 0.15) is 10.4 Å². The molecule has 360 valence electrons. The molecule has 0 spiro atoms. The van der Waals surface area contributed by atoms with Gasteiger partial charge < -0.3 is 4.74 Å². The first kappa shape index (κ1) is 50.7. The van der Waals surface area contributed by atoms with Crippen molar-refractivity contribution in [2.24, 2.45) is 0 Å². The molecule has 0 saturated carbocycles. The van der Waals surface area contributed by atoms with Crippen LogP contribution in [0.3, 0.4) is 0 Å². The number of para-hydroxylation sites is 1. The number of carbonyl (C=O) groups excluding carboxylic acids is 1. The Morgan fingerprint density at radius 3 is 1.07 bits per heavy atom. The average Bonchev–Trinajstić information content (AvgIpc) is 3.33. The third-order valence-corrected chi connectivity index (χ3v) is 10.3. The van der Waals surface area contributed by atoms with Crippen molar-refractivity contribution in [3.8, 4) is 5.88 Å². The Balaban J connectivity index is 0.000000273. The summed E-state index contributed by atoms with van der Waals surface area (Å²) in [5, 5.41) is 11.5. The number of pyridine rings is 1. The van der Waals surface area contributed by atoms with Gasteiger partial charge in [0, 0.05) is 17.0 Å². The fourth-order valence-electron chi connectivity index (χ4n) is 7.39. The van der Waals surface area contributed by atoms with E-state index in [1.807, 2.05) is 36.4 Å². The zero-order valence-electron chi connectivity index (χ0n) is 32.9. The minimum atomic E-state index is -7.22. The second kappa shape index (κ2) is 19.1. The summed E-state index contributed by atoms with van der Waals surface area (Å²) < 4.78 is 301. The second-order valence-corrected chi connectivity index (χ2v) is 14.0. The largest absolute Gasteiger partial charge is 0.378 e. The minimum Gasteiger partial charge on any atom is -0.378 e. The van der Waals surface area contributed by atoms with Crippen molar-refractivity contribution in [3.63, 3.8) is 0 Å². The molecule has 0 aliphatic heterocycles. The molecule has 0 radical (unpaired) electrons. The molecule has 1 aromatic heterocycles. The van der Waals surface area contributed by atoms with Crippen molar-refractivity contribution in [1.29, 1.82) is 0 Å². The van der Waals surface area contributed by atoms with E-state index in [0.717, 1.165) is 10.9 Å².